The highest BCUT2D eigenvalue weighted by atomic mass is 32.2. The minimum absolute atomic E-state index is 0.0675. The van der Waals surface area contributed by atoms with Gasteiger partial charge in [0.05, 0.1) is 20.3 Å². The van der Waals surface area contributed by atoms with Crippen molar-refractivity contribution in [3.8, 4) is 11.6 Å². The van der Waals surface area contributed by atoms with Gasteiger partial charge < -0.3 is 34.5 Å². The predicted octanol–water partition coefficient (Wildman–Crippen LogP) is 4.01. The number of benzene rings is 1. The highest BCUT2D eigenvalue weighted by Gasteiger charge is 2.62. The minimum atomic E-state index is -1.20. The SMILES string of the molecule is CCOC(=O)[C@@]12C[C@H]1C=CCCCSC[C@H](NC(=O)OC(C)(C)C)C(=O)N1CC(Oc3nccc4cc(OC)ccc34)C[C@H]1C(=O)N2. The lowest BCUT2D eigenvalue weighted by Gasteiger charge is -2.30. The van der Waals surface area contributed by atoms with E-state index in [1.165, 1.54) is 4.90 Å². The summed E-state index contributed by atoms with van der Waals surface area (Å²) in [4.78, 5) is 60.3. The Hall–Kier alpha value is -4.00. The number of nitrogens with zero attached hydrogens (tertiary/aromatic N) is 2. The molecule has 3 aliphatic rings. The summed E-state index contributed by atoms with van der Waals surface area (Å²) in [6.07, 6.45) is 6.48. The molecule has 5 rings (SSSR count). The van der Waals surface area contributed by atoms with Crippen LogP contribution in [0.25, 0.3) is 10.8 Å². The molecule has 3 heterocycles. The molecule has 3 amide bonds. The number of fused-ring (bicyclic) bond motifs is 3. The summed E-state index contributed by atoms with van der Waals surface area (Å²) in [5, 5.41) is 7.32. The van der Waals surface area contributed by atoms with E-state index < -0.39 is 53.2 Å². The fourth-order valence-electron chi connectivity index (χ4n) is 5.98. The molecule has 2 N–H and O–H groups in total. The van der Waals surface area contributed by atoms with Gasteiger partial charge in [0, 0.05) is 29.7 Å². The zero-order valence-electron chi connectivity index (χ0n) is 27.6. The summed E-state index contributed by atoms with van der Waals surface area (Å²) in [5.41, 5.74) is -1.96. The molecule has 2 fully saturated rings. The Bertz CT molecular complexity index is 1530. The van der Waals surface area contributed by atoms with Crippen molar-refractivity contribution in [3.63, 3.8) is 0 Å². The Kier molecular flexibility index (Phi) is 10.5. The van der Waals surface area contributed by atoms with Gasteiger partial charge in [0.25, 0.3) is 0 Å². The van der Waals surface area contributed by atoms with E-state index >= 15 is 0 Å². The quantitative estimate of drug-likeness (QED) is 0.342. The van der Waals surface area contributed by atoms with E-state index in [1.807, 2.05) is 36.4 Å². The Morgan fingerprint density at radius 3 is 2.77 bits per heavy atom. The van der Waals surface area contributed by atoms with Gasteiger partial charge in [-0.15, -0.1) is 0 Å². The Balaban J connectivity index is 1.45. The first-order valence-electron chi connectivity index (χ1n) is 16.1. The molecule has 12 nitrogen and oxygen atoms in total. The molecule has 254 valence electrons. The van der Waals surface area contributed by atoms with E-state index in [4.69, 9.17) is 18.9 Å². The number of alkyl carbamates (subject to hydrolysis) is 1. The number of aromatic nitrogens is 1. The molecule has 0 radical (unpaired) electrons. The van der Waals surface area contributed by atoms with Crippen LogP contribution in [0, 0.1) is 5.92 Å². The number of rotatable bonds is 6. The number of hydrogen-bond donors (Lipinski definition) is 2. The van der Waals surface area contributed by atoms with Gasteiger partial charge in [-0.25, -0.2) is 14.6 Å². The number of esters is 1. The van der Waals surface area contributed by atoms with Gasteiger partial charge in [0.1, 0.15) is 35.1 Å². The van der Waals surface area contributed by atoms with Gasteiger partial charge in [0.15, 0.2) is 0 Å². The first-order chi connectivity index (χ1) is 22.4. The van der Waals surface area contributed by atoms with E-state index in [2.05, 4.69) is 15.6 Å². The summed E-state index contributed by atoms with van der Waals surface area (Å²) < 4.78 is 22.6. The number of methoxy groups -OCH3 is 1. The van der Waals surface area contributed by atoms with Crippen LogP contribution in [-0.2, 0) is 23.9 Å². The molecular weight excluding hydrogens is 624 g/mol. The fourth-order valence-corrected chi connectivity index (χ4v) is 6.98. The molecule has 13 heteroatoms. The van der Waals surface area contributed by atoms with Crippen LogP contribution < -0.4 is 20.1 Å². The number of allylic oxidation sites excluding steroid dienone is 1. The van der Waals surface area contributed by atoms with Crippen molar-refractivity contribution in [2.75, 3.05) is 31.8 Å². The molecule has 2 aliphatic heterocycles. The molecule has 1 saturated heterocycles. The zero-order valence-corrected chi connectivity index (χ0v) is 28.4. The number of carbonyl (C=O) groups excluding carboxylic acids is 4. The minimum Gasteiger partial charge on any atom is -0.497 e. The summed E-state index contributed by atoms with van der Waals surface area (Å²) in [6.45, 7) is 7.21. The lowest BCUT2D eigenvalue weighted by Crippen LogP contribution is -2.57. The van der Waals surface area contributed by atoms with E-state index in [1.54, 1.807) is 52.8 Å². The molecular formula is C34H44N4O8S. The predicted molar refractivity (Wildman–Crippen MR) is 177 cm³/mol. The second-order valence-corrected chi connectivity index (χ2v) is 14.2. The molecule has 2 aromatic rings. The monoisotopic (exact) mass is 668 g/mol. The van der Waals surface area contributed by atoms with Crippen LogP contribution >= 0.6 is 11.8 Å². The van der Waals surface area contributed by atoms with Gasteiger partial charge >= 0.3 is 12.1 Å². The van der Waals surface area contributed by atoms with Crippen molar-refractivity contribution in [2.45, 2.75) is 82.7 Å². The molecule has 1 aliphatic carbocycles. The normalized spacial score (nSPS) is 26.6. The lowest BCUT2D eigenvalue weighted by molar-refractivity contribution is -0.150. The first kappa shape index (κ1) is 34.3. The van der Waals surface area contributed by atoms with Crippen molar-refractivity contribution in [2.24, 2.45) is 5.92 Å². The van der Waals surface area contributed by atoms with E-state index in [0.717, 1.165) is 29.4 Å². The lowest BCUT2D eigenvalue weighted by atomic mass is 10.1. The number of pyridine rings is 1. The molecule has 1 saturated carbocycles. The molecule has 1 unspecified atom stereocenters. The maximum absolute atomic E-state index is 14.3. The van der Waals surface area contributed by atoms with Crippen molar-refractivity contribution in [1.29, 1.82) is 0 Å². The highest BCUT2D eigenvalue weighted by Crippen LogP contribution is 2.46. The number of thioether (sulfide) groups is 1. The fraction of sp³-hybridized carbons (Fsp3) is 0.559. The number of hydrogen-bond acceptors (Lipinski definition) is 10. The van der Waals surface area contributed by atoms with E-state index in [0.29, 0.717) is 23.8 Å². The second-order valence-electron chi connectivity index (χ2n) is 13.0. The van der Waals surface area contributed by atoms with Crippen molar-refractivity contribution >= 4 is 46.4 Å². The van der Waals surface area contributed by atoms with Gasteiger partial charge in [-0.3, -0.25) is 9.59 Å². The van der Waals surface area contributed by atoms with Crippen molar-refractivity contribution < 1.29 is 38.1 Å². The molecule has 0 spiro atoms. The van der Waals surface area contributed by atoms with Gasteiger partial charge in [-0.05, 0) is 82.4 Å². The van der Waals surface area contributed by atoms with Crippen LogP contribution in [0.15, 0.2) is 42.6 Å². The third-order valence-electron chi connectivity index (χ3n) is 8.36. The summed E-state index contributed by atoms with van der Waals surface area (Å²) in [7, 11) is 1.59. The van der Waals surface area contributed by atoms with Crippen LogP contribution in [0.1, 0.15) is 53.4 Å². The molecule has 47 heavy (non-hydrogen) atoms. The van der Waals surface area contributed by atoms with E-state index in [-0.39, 0.29) is 25.5 Å². The van der Waals surface area contributed by atoms with Gasteiger partial charge in [0.2, 0.25) is 17.7 Å². The average Bonchev–Trinajstić information content (AvgIpc) is 3.55. The van der Waals surface area contributed by atoms with Gasteiger partial charge in [-0.1, -0.05) is 12.2 Å². The van der Waals surface area contributed by atoms with Crippen LogP contribution in [0.2, 0.25) is 0 Å². The standard InChI is InChI=1S/C34H44N4O8S/c1-6-44-31(41)34-18-22(34)10-8-7-9-15-47-20-26(36-32(42)46-33(2,3)4)30(40)38-19-24(17-27(38)28(39)37-34)45-29-25-12-11-23(43-5)16-21(25)13-14-35-29/h8,10-14,16,22,24,26-27H,6-7,9,15,17-20H2,1-5H3,(H,36,42)(H,37,39)/t22-,24?,26+,27+,34-/m1/s1. The smallest absolute Gasteiger partial charge is 0.408 e. The maximum atomic E-state index is 14.3. The number of nitrogens with one attached hydrogen (secondary N) is 2. The van der Waals surface area contributed by atoms with Crippen LogP contribution in [0.4, 0.5) is 4.79 Å². The summed E-state index contributed by atoms with van der Waals surface area (Å²) in [6, 6.07) is 5.45. The van der Waals surface area contributed by atoms with Crippen molar-refractivity contribution in [1.82, 2.24) is 20.5 Å². The summed E-state index contributed by atoms with van der Waals surface area (Å²) in [5.74, 6) is 0.472. The highest BCUT2D eigenvalue weighted by molar-refractivity contribution is 7.99. The average molecular weight is 669 g/mol. The van der Waals surface area contributed by atoms with Crippen LogP contribution in [-0.4, -0.2) is 94.9 Å². The number of amides is 3. The Labute approximate surface area is 279 Å². The number of ether oxygens (including phenoxy) is 4. The Morgan fingerprint density at radius 2 is 2.02 bits per heavy atom. The van der Waals surface area contributed by atoms with Crippen molar-refractivity contribution in [3.05, 3.63) is 42.6 Å². The van der Waals surface area contributed by atoms with Crippen LogP contribution in [0.5, 0.6) is 11.6 Å². The molecule has 1 aromatic heterocycles. The zero-order chi connectivity index (χ0) is 33.8. The van der Waals surface area contributed by atoms with Crippen LogP contribution in [0.3, 0.4) is 0 Å². The topological polar surface area (TPSA) is 145 Å². The van der Waals surface area contributed by atoms with E-state index in [9.17, 15) is 19.2 Å². The molecule has 1 aromatic carbocycles. The Morgan fingerprint density at radius 1 is 1.21 bits per heavy atom. The molecule has 0 bridgehead atoms. The summed E-state index contributed by atoms with van der Waals surface area (Å²) >= 11 is 1.54. The maximum Gasteiger partial charge on any atom is 0.408 e. The third-order valence-corrected chi connectivity index (χ3v) is 9.51. The third kappa shape index (κ3) is 8.11. The largest absolute Gasteiger partial charge is 0.497 e. The first-order valence-corrected chi connectivity index (χ1v) is 17.2. The molecule has 5 atom stereocenters. The number of carbonyl (C=O) groups is 4. The van der Waals surface area contributed by atoms with Gasteiger partial charge in [-0.2, -0.15) is 11.8 Å². The second kappa shape index (κ2) is 14.4.